The lowest BCUT2D eigenvalue weighted by Gasteiger charge is -2.31. The Kier molecular flexibility index (Phi) is 6.44. The second-order valence-corrected chi connectivity index (χ2v) is 9.02. The number of para-hydroxylation sites is 1. The summed E-state index contributed by atoms with van der Waals surface area (Å²) in [7, 11) is 0. The van der Waals surface area contributed by atoms with Crippen LogP contribution in [0, 0.1) is 6.92 Å². The summed E-state index contributed by atoms with van der Waals surface area (Å²) in [5.74, 6) is -0.0630. The zero-order valence-electron chi connectivity index (χ0n) is 19.6. The van der Waals surface area contributed by atoms with Crippen LogP contribution in [-0.2, 0) is 13.0 Å². The Morgan fingerprint density at radius 3 is 2.35 bits per heavy atom. The van der Waals surface area contributed by atoms with E-state index in [1.165, 1.54) is 23.2 Å². The van der Waals surface area contributed by atoms with E-state index in [0.717, 1.165) is 36.2 Å². The van der Waals surface area contributed by atoms with Crippen LogP contribution in [0.3, 0.4) is 0 Å². The molecule has 5 rings (SSSR count). The lowest BCUT2D eigenvalue weighted by atomic mass is 9.94. The molecule has 3 nitrogen and oxygen atoms in total. The average molecular weight is 447 g/mol. The molecular formula is C31H30N2O. The van der Waals surface area contributed by atoms with Gasteiger partial charge >= 0.3 is 0 Å². The predicted octanol–water partition coefficient (Wildman–Crippen LogP) is 6.47. The van der Waals surface area contributed by atoms with Gasteiger partial charge in [-0.3, -0.25) is 4.79 Å². The highest BCUT2D eigenvalue weighted by molar-refractivity contribution is 5.94. The molecule has 0 aromatic heterocycles. The molecule has 1 heterocycles. The topological polar surface area (TPSA) is 32.3 Å². The van der Waals surface area contributed by atoms with Crippen molar-refractivity contribution in [1.29, 1.82) is 0 Å². The van der Waals surface area contributed by atoms with Gasteiger partial charge in [-0.05, 0) is 65.8 Å². The van der Waals surface area contributed by atoms with E-state index >= 15 is 0 Å². The van der Waals surface area contributed by atoms with Crippen molar-refractivity contribution < 1.29 is 4.79 Å². The van der Waals surface area contributed by atoms with Gasteiger partial charge in [-0.1, -0.05) is 84.9 Å². The number of carbonyl (C=O) groups is 1. The van der Waals surface area contributed by atoms with Crippen molar-refractivity contribution in [2.24, 2.45) is 0 Å². The number of nitrogens with one attached hydrogen (secondary N) is 1. The Hall–Kier alpha value is -3.85. The van der Waals surface area contributed by atoms with E-state index in [2.05, 4.69) is 77.8 Å². The van der Waals surface area contributed by atoms with E-state index in [1.54, 1.807) is 0 Å². The molecule has 0 fully saturated rings. The highest BCUT2D eigenvalue weighted by atomic mass is 16.1. The Bertz CT molecular complexity index is 1260. The SMILES string of the molecule is Cc1ccccc1C(NC(=O)c1ccc(CN2CCCc3ccccc32)cc1)c1ccccc1. The summed E-state index contributed by atoms with van der Waals surface area (Å²) in [6.07, 6.45) is 2.33. The van der Waals surface area contributed by atoms with Gasteiger partial charge in [0, 0.05) is 24.3 Å². The number of carbonyl (C=O) groups excluding carboxylic acids is 1. The molecule has 170 valence electrons. The maximum Gasteiger partial charge on any atom is 0.252 e. The zero-order chi connectivity index (χ0) is 23.3. The van der Waals surface area contributed by atoms with Gasteiger partial charge in [0.1, 0.15) is 0 Å². The summed E-state index contributed by atoms with van der Waals surface area (Å²) in [4.78, 5) is 15.7. The Balaban J connectivity index is 1.33. The summed E-state index contributed by atoms with van der Waals surface area (Å²) in [6, 6.07) is 34.9. The van der Waals surface area contributed by atoms with Gasteiger partial charge in [-0.15, -0.1) is 0 Å². The lowest BCUT2D eigenvalue weighted by molar-refractivity contribution is 0.0943. The maximum absolute atomic E-state index is 13.3. The number of amides is 1. The molecule has 1 unspecified atom stereocenters. The molecule has 0 saturated heterocycles. The minimum atomic E-state index is -0.195. The monoisotopic (exact) mass is 446 g/mol. The largest absolute Gasteiger partial charge is 0.367 e. The number of nitrogens with zero attached hydrogens (tertiary/aromatic N) is 1. The molecule has 4 aromatic carbocycles. The van der Waals surface area contributed by atoms with Crippen LogP contribution in [0.4, 0.5) is 5.69 Å². The first-order valence-electron chi connectivity index (χ1n) is 12.0. The van der Waals surface area contributed by atoms with Crippen LogP contribution in [0.2, 0.25) is 0 Å². The molecule has 0 aliphatic carbocycles. The highest BCUT2D eigenvalue weighted by Gasteiger charge is 2.20. The van der Waals surface area contributed by atoms with Crippen molar-refractivity contribution in [1.82, 2.24) is 5.32 Å². The Labute approximate surface area is 202 Å². The predicted molar refractivity (Wildman–Crippen MR) is 139 cm³/mol. The molecule has 1 atom stereocenters. The van der Waals surface area contributed by atoms with E-state index in [4.69, 9.17) is 0 Å². The summed E-state index contributed by atoms with van der Waals surface area (Å²) >= 11 is 0. The molecule has 1 aliphatic heterocycles. The molecule has 1 amide bonds. The molecular weight excluding hydrogens is 416 g/mol. The smallest absolute Gasteiger partial charge is 0.252 e. The zero-order valence-corrected chi connectivity index (χ0v) is 19.6. The fraction of sp³-hybridized carbons (Fsp3) is 0.194. The quantitative estimate of drug-likeness (QED) is 0.368. The van der Waals surface area contributed by atoms with Crippen molar-refractivity contribution in [3.8, 4) is 0 Å². The van der Waals surface area contributed by atoms with E-state index in [0.29, 0.717) is 5.56 Å². The van der Waals surface area contributed by atoms with Crippen LogP contribution in [0.15, 0.2) is 103 Å². The molecule has 0 saturated carbocycles. The summed E-state index contributed by atoms with van der Waals surface area (Å²) in [5, 5.41) is 3.27. The summed E-state index contributed by atoms with van der Waals surface area (Å²) in [5.41, 5.74) is 8.00. The number of rotatable bonds is 6. The lowest BCUT2D eigenvalue weighted by Crippen LogP contribution is -2.30. The second kappa shape index (κ2) is 9.96. The second-order valence-electron chi connectivity index (χ2n) is 9.02. The molecule has 34 heavy (non-hydrogen) atoms. The van der Waals surface area contributed by atoms with Gasteiger partial charge in [-0.25, -0.2) is 0 Å². The van der Waals surface area contributed by atoms with Gasteiger partial charge in [0.15, 0.2) is 0 Å². The van der Waals surface area contributed by atoms with E-state index in [9.17, 15) is 4.79 Å². The Morgan fingerprint density at radius 2 is 1.56 bits per heavy atom. The van der Waals surface area contributed by atoms with Crippen molar-refractivity contribution in [3.05, 3.63) is 137 Å². The molecule has 1 aliphatic rings. The van der Waals surface area contributed by atoms with E-state index in [-0.39, 0.29) is 11.9 Å². The number of benzene rings is 4. The van der Waals surface area contributed by atoms with Crippen molar-refractivity contribution >= 4 is 11.6 Å². The average Bonchev–Trinajstić information content (AvgIpc) is 2.89. The van der Waals surface area contributed by atoms with Crippen molar-refractivity contribution in [2.75, 3.05) is 11.4 Å². The normalized spacial score (nSPS) is 13.7. The number of hydrogen-bond donors (Lipinski definition) is 1. The molecule has 0 radical (unpaired) electrons. The highest BCUT2D eigenvalue weighted by Crippen LogP contribution is 2.28. The van der Waals surface area contributed by atoms with Crippen molar-refractivity contribution in [3.63, 3.8) is 0 Å². The molecule has 4 aromatic rings. The molecule has 3 heteroatoms. The van der Waals surface area contributed by atoms with E-state index < -0.39 is 0 Å². The minimum absolute atomic E-state index is 0.0630. The first-order valence-corrected chi connectivity index (χ1v) is 12.0. The Morgan fingerprint density at radius 1 is 0.853 bits per heavy atom. The maximum atomic E-state index is 13.3. The van der Waals surface area contributed by atoms with Crippen LogP contribution >= 0.6 is 0 Å². The van der Waals surface area contributed by atoms with Crippen LogP contribution < -0.4 is 10.2 Å². The summed E-state index contributed by atoms with van der Waals surface area (Å²) in [6.45, 7) is 4.01. The van der Waals surface area contributed by atoms with Crippen LogP contribution in [0.1, 0.15) is 50.6 Å². The van der Waals surface area contributed by atoms with Gasteiger partial charge in [0.25, 0.3) is 5.91 Å². The van der Waals surface area contributed by atoms with Crippen LogP contribution in [0.5, 0.6) is 0 Å². The van der Waals surface area contributed by atoms with Crippen LogP contribution in [0.25, 0.3) is 0 Å². The standard InChI is InChI=1S/C31H30N2O/c1-23-10-5-7-15-28(23)30(26-12-3-2-4-13-26)32-31(34)27-19-17-24(18-20-27)22-33-21-9-14-25-11-6-8-16-29(25)33/h2-8,10-13,15-20,30H,9,14,21-22H2,1H3,(H,32,34). The van der Waals surface area contributed by atoms with Gasteiger partial charge < -0.3 is 10.2 Å². The number of fused-ring (bicyclic) bond motifs is 1. The fourth-order valence-corrected chi connectivity index (χ4v) is 4.87. The minimum Gasteiger partial charge on any atom is -0.367 e. The number of hydrogen-bond acceptors (Lipinski definition) is 2. The van der Waals surface area contributed by atoms with E-state index in [1.807, 2.05) is 42.5 Å². The number of aryl methyl sites for hydroxylation is 2. The van der Waals surface area contributed by atoms with Crippen molar-refractivity contribution in [2.45, 2.75) is 32.4 Å². The number of anilines is 1. The summed E-state index contributed by atoms with van der Waals surface area (Å²) < 4.78 is 0. The molecule has 0 spiro atoms. The first-order chi connectivity index (χ1) is 16.7. The third-order valence-corrected chi connectivity index (χ3v) is 6.70. The third-order valence-electron chi connectivity index (χ3n) is 6.70. The van der Waals surface area contributed by atoms with Gasteiger partial charge in [0.2, 0.25) is 0 Å². The fourth-order valence-electron chi connectivity index (χ4n) is 4.87. The van der Waals surface area contributed by atoms with Gasteiger partial charge in [-0.2, -0.15) is 0 Å². The van der Waals surface area contributed by atoms with Crippen LogP contribution in [-0.4, -0.2) is 12.5 Å². The third kappa shape index (κ3) is 4.74. The first kappa shape index (κ1) is 22.0. The van der Waals surface area contributed by atoms with Gasteiger partial charge in [0.05, 0.1) is 6.04 Å². The molecule has 1 N–H and O–H groups in total. The molecule has 0 bridgehead atoms.